The standard InChI is InChI=1S/C32H49NO2/c1-3-5-7-9-11-12-13-15-16-24-34-28-19-20-29-27(26-28)18-22-31-30(29)21-23-32(33-31)35-25-17-14-10-8-6-4-2/h19-21,23,26H,3-18,22,24-25H2,1-2H3. The maximum Gasteiger partial charge on any atom is 0.213 e. The predicted octanol–water partition coefficient (Wildman–Crippen LogP) is 9.50. The minimum absolute atomic E-state index is 0.772. The average Bonchev–Trinajstić information content (AvgIpc) is 2.89. The molecular weight excluding hydrogens is 430 g/mol. The number of unbranched alkanes of at least 4 members (excludes halogenated alkanes) is 13. The van der Waals surface area contributed by atoms with Crippen LogP contribution in [0, 0.1) is 0 Å². The van der Waals surface area contributed by atoms with Gasteiger partial charge in [0.1, 0.15) is 5.75 Å². The molecule has 0 bridgehead atoms. The normalized spacial score (nSPS) is 12.3. The summed E-state index contributed by atoms with van der Waals surface area (Å²) in [4.78, 5) is 4.83. The van der Waals surface area contributed by atoms with Crippen LogP contribution in [0.5, 0.6) is 11.6 Å². The van der Waals surface area contributed by atoms with E-state index in [1.807, 2.05) is 6.07 Å². The minimum Gasteiger partial charge on any atom is -0.494 e. The van der Waals surface area contributed by atoms with Crippen molar-refractivity contribution in [1.82, 2.24) is 4.98 Å². The van der Waals surface area contributed by atoms with E-state index in [-0.39, 0.29) is 0 Å². The fraction of sp³-hybridized carbons (Fsp3) is 0.656. The topological polar surface area (TPSA) is 31.4 Å². The van der Waals surface area contributed by atoms with Crippen molar-refractivity contribution in [3.05, 3.63) is 41.6 Å². The second-order valence-electron chi connectivity index (χ2n) is 10.3. The predicted molar refractivity (Wildman–Crippen MR) is 149 cm³/mol. The summed E-state index contributed by atoms with van der Waals surface area (Å²) in [6.45, 7) is 6.14. The van der Waals surface area contributed by atoms with Crippen LogP contribution < -0.4 is 9.47 Å². The number of aromatic nitrogens is 1. The average molecular weight is 480 g/mol. The third kappa shape index (κ3) is 9.86. The monoisotopic (exact) mass is 479 g/mol. The van der Waals surface area contributed by atoms with Crippen LogP contribution in [0.1, 0.15) is 121 Å². The van der Waals surface area contributed by atoms with Crippen LogP contribution in [0.3, 0.4) is 0 Å². The van der Waals surface area contributed by atoms with Crippen LogP contribution in [0.15, 0.2) is 30.3 Å². The quantitative estimate of drug-likeness (QED) is 0.188. The molecule has 0 radical (unpaired) electrons. The van der Waals surface area contributed by atoms with Crippen LogP contribution in [0.4, 0.5) is 0 Å². The lowest BCUT2D eigenvalue weighted by Crippen LogP contribution is -2.08. The van der Waals surface area contributed by atoms with Gasteiger partial charge in [-0.1, -0.05) is 103 Å². The number of aryl methyl sites for hydroxylation is 2. The Morgan fingerprint density at radius 2 is 1.17 bits per heavy atom. The van der Waals surface area contributed by atoms with E-state index in [9.17, 15) is 0 Å². The molecular formula is C32H49NO2. The molecule has 0 spiro atoms. The Labute approximate surface area is 215 Å². The number of nitrogens with zero attached hydrogens (tertiary/aromatic N) is 1. The van der Waals surface area contributed by atoms with E-state index in [0.29, 0.717) is 0 Å². The van der Waals surface area contributed by atoms with Gasteiger partial charge in [-0.25, -0.2) is 4.98 Å². The smallest absolute Gasteiger partial charge is 0.213 e. The zero-order valence-corrected chi connectivity index (χ0v) is 22.6. The highest BCUT2D eigenvalue weighted by molar-refractivity contribution is 5.73. The molecule has 0 atom stereocenters. The molecule has 0 saturated carbocycles. The van der Waals surface area contributed by atoms with Gasteiger partial charge in [0.05, 0.1) is 18.9 Å². The molecule has 0 saturated heterocycles. The molecule has 1 aromatic heterocycles. The summed E-state index contributed by atoms with van der Waals surface area (Å²) in [5, 5.41) is 0. The lowest BCUT2D eigenvalue weighted by atomic mass is 9.88. The summed E-state index contributed by atoms with van der Waals surface area (Å²) in [7, 11) is 0. The van der Waals surface area contributed by atoms with Crippen molar-refractivity contribution in [2.45, 2.75) is 123 Å². The zero-order valence-electron chi connectivity index (χ0n) is 22.6. The van der Waals surface area contributed by atoms with Gasteiger partial charge in [0.15, 0.2) is 0 Å². The van der Waals surface area contributed by atoms with Gasteiger partial charge < -0.3 is 9.47 Å². The maximum atomic E-state index is 6.09. The van der Waals surface area contributed by atoms with E-state index in [4.69, 9.17) is 14.5 Å². The summed E-state index contributed by atoms with van der Waals surface area (Å²) in [5.41, 5.74) is 5.10. The van der Waals surface area contributed by atoms with E-state index >= 15 is 0 Å². The molecule has 1 aliphatic carbocycles. The van der Waals surface area contributed by atoms with Crippen molar-refractivity contribution < 1.29 is 9.47 Å². The van der Waals surface area contributed by atoms with Gasteiger partial charge in [0, 0.05) is 11.6 Å². The first-order chi connectivity index (χ1) is 17.3. The first-order valence-corrected chi connectivity index (χ1v) is 14.7. The third-order valence-corrected chi connectivity index (χ3v) is 7.21. The Morgan fingerprint density at radius 1 is 0.600 bits per heavy atom. The van der Waals surface area contributed by atoms with Crippen LogP contribution >= 0.6 is 0 Å². The van der Waals surface area contributed by atoms with Gasteiger partial charge in [-0.3, -0.25) is 0 Å². The first kappa shape index (κ1) is 27.6. The summed E-state index contributed by atoms with van der Waals surface area (Å²) < 4.78 is 12.0. The van der Waals surface area contributed by atoms with Gasteiger partial charge in [0.25, 0.3) is 0 Å². The molecule has 35 heavy (non-hydrogen) atoms. The molecule has 1 heterocycles. The van der Waals surface area contributed by atoms with Crippen molar-refractivity contribution in [1.29, 1.82) is 0 Å². The number of pyridine rings is 1. The van der Waals surface area contributed by atoms with Crippen molar-refractivity contribution in [3.8, 4) is 22.8 Å². The number of hydrogen-bond acceptors (Lipinski definition) is 3. The number of benzene rings is 1. The van der Waals surface area contributed by atoms with Crippen LogP contribution in [0.25, 0.3) is 11.1 Å². The largest absolute Gasteiger partial charge is 0.494 e. The van der Waals surface area contributed by atoms with Crippen LogP contribution in [0.2, 0.25) is 0 Å². The van der Waals surface area contributed by atoms with Gasteiger partial charge in [0.2, 0.25) is 5.88 Å². The highest BCUT2D eigenvalue weighted by atomic mass is 16.5. The molecule has 2 aromatic rings. The van der Waals surface area contributed by atoms with Crippen LogP contribution in [-0.2, 0) is 12.8 Å². The Hall–Kier alpha value is -2.03. The van der Waals surface area contributed by atoms with Gasteiger partial charge in [-0.15, -0.1) is 0 Å². The third-order valence-electron chi connectivity index (χ3n) is 7.21. The fourth-order valence-electron chi connectivity index (χ4n) is 5.04. The first-order valence-electron chi connectivity index (χ1n) is 14.7. The van der Waals surface area contributed by atoms with Crippen LogP contribution in [-0.4, -0.2) is 18.2 Å². The number of fused-ring (bicyclic) bond motifs is 3. The molecule has 0 unspecified atom stereocenters. The molecule has 3 heteroatoms. The Balaban J connectivity index is 1.37. The van der Waals surface area contributed by atoms with E-state index in [0.717, 1.165) is 50.5 Å². The summed E-state index contributed by atoms with van der Waals surface area (Å²) in [5.74, 6) is 1.79. The number of hydrogen-bond donors (Lipinski definition) is 0. The van der Waals surface area contributed by atoms with Crippen molar-refractivity contribution in [3.63, 3.8) is 0 Å². The molecule has 0 aliphatic heterocycles. The SMILES string of the molecule is CCCCCCCCCCCOc1ccc2c(c1)CCc1nc(OCCCCCCCC)ccc1-2. The van der Waals surface area contributed by atoms with E-state index < -0.39 is 0 Å². The van der Waals surface area contributed by atoms with Gasteiger partial charge >= 0.3 is 0 Å². The molecule has 194 valence electrons. The van der Waals surface area contributed by atoms with E-state index in [1.165, 1.54) is 106 Å². The molecule has 0 amide bonds. The maximum absolute atomic E-state index is 6.09. The molecule has 3 rings (SSSR count). The highest BCUT2D eigenvalue weighted by Crippen LogP contribution is 2.35. The summed E-state index contributed by atoms with van der Waals surface area (Å²) in [6, 6.07) is 10.8. The van der Waals surface area contributed by atoms with Gasteiger partial charge in [-0.05, 0) is 55.0 Å². The van der Waals surface area contributed by atoms with E-state index in [1.54, 1.807) is 0 Å². The van der Waals surface area contributed by atoms with Crippen molar-refractivity contribution >= 4 is 0 Å². The van der Waals surface area contributed by atoms with Crippen molar-refractivity contribution in [2.75, 3.05) is 13.2 Å². The molecule has 1 aromatic carbocycles. The second-order valence-corrected chi connectivity index (χ2v) is 10.3. The lowest BCUT2D eigenvalue weighted by molar-refractivity contribution is 0.292. The summed E-state index contributed by atoms with van der Waals surface area (Å²) in [6.07, 6.45) is 21.8. The highest BCUT2D eigenvalue weighted by Gasteiger charge is 2.18. The zero-order chi connectivity index (χ0) is 24.6. The molecule has 0 fully saturated rings. The summed E-state index contributed by atoms with van der Waals surface area (Å²) >= 11 is 0. The lowest BCUT2D eigenvalue weighted by Gasteiger charge is -2.20. The second kappa shape index (κ2) is 16.6. The van der Waals surface area contributed by atoms with E-state index in [2.05, 4.69) is 38.1 Å². The molecule has 1 aliphatic rings. The fourth-order valence-corrected chi connectivity index (χ4v) is 5.04. The Morgan fingerprint density at radius 3 is 1.83 bits per heavy atom. The van der Waals surface area contributed by atoms with Gasteiger partial charge in [-0.2, -0.15) is 0 Å². The Kier molecular flexibility index (Phi) is 13.1. The number of rotatable bonds is 19. The Bertz CT molecular complexity index is 847. The minimum atomic E-state index is 0.772. The van der Waals surface area contributed by atoms with Crippen molar-refractivity contribution in [2.24, 2.45) is 0 Å². The molecule has 3 nitrogen and oxygen atoms in total. The molecule has 0 N–H and O–H groups in total. The number of ether oxygens (including phenoxy) is 2.